The number of likely N-dealkylation sites (N-methyl/N-ethyl adjacent to an activating group) is 1. The Kier molecular flexibility index (Phi) is 5.78. The highest BCUT2D eigenvalue weighted by Crippen LogP contribution is 2.34. The van der Waals surface area contributed by atoms with E-state index < -0.39 is 17.7 Å². The summed E-state index contributed by atoms with van der Waals surface area (Å²) in [5, 5.41) is 7.98. The highest BCUT2D eigenvalue weighted by molar-refractivity contribution is 7.12. The van der Waals surface area contributed by atoms with E-state index >= 15 is 0 Å². The van der Waals surface area contributed by atoms with Crippen LogP contribution in [0.2, 0.25) is 0 Å². The van der Waals surface area contributed by atoms with Gasteiger partial charge in [-0.2, -0.15) is 5.10 Å². The van der Waals surface area contributed by atoms with E-state index in [0.29, 0.717) is 12.2 Å². The Hall–Kier alpha value is -2.84. The van der Waals surface area contributed by atoms with Crippen molar-refractivity contribution in [3.63, 3.8) is 0 Å². The zero-order valence-electron chi connectivity index (χ0n) is 16.6. The van der Waals surface area contributed by atoms with Gasteiger partial charge in [-0.25, -0.2) is 13.8 Å². The van der Waals surface area contributed by atoms with Gasteiger partial charge in [-0.05, 0) is 55.7 Å². The number of carbonyl (C=O) groups is 1. The van der Waals surface area contributed by atoms with Crippen molar-refractivity contribution < 1.29 is 18.0 Å². The maximum atomic E-state index is 14.2. The van der Waals surface area contributed by atoms with Crippen molar-refractivity contribution in [1.29, 1.82) is 0 Å². The first-order valence-corrected chi connectivity index (χ1v) is 10.4. The van der Waals surface area contributed by atoms with Gasteiger partial charge in [0.15, 0.2) is 0 Å². The third-order valence-electron chi connectivity index (χ3n) is 5.30. The third-order valence-corrected chi connectivity index (χ3v) is 6.22. The van der Waals surface area contributed by atoms with E-state index in [1.807, 2.05) is 23.6 Å². The van der Waals surface area contributed by atoms with Crippen molar-refractivity contribution in [2.75, 3.05) is 13.6 Å². The number of hydrazone groups is 1. The molecule has 0 aliphatic carbocycles. The Bertz CT molecular complexity index is 1050. The highest BCUT2D eigenvalue weighted by atomic mass is 32.1. The van der Waals surface area contributed by atoms with Gasteiger partial charge in [0.25, 0.3) is 5.91 Å². The average molecular weight is 429 g/mol. The van der Waals surface area contributed by atoms with Gasteiger partial charge in [0.2, 0.25) is 0 Å². The summed E-state index contributed by atoms with van der Waals surface area (Å²) in [7, 11) is 1.70. The molecule has 3 heterocycles. The molecule has 3 aromatic rings. The Morgan fingerprint density at radius 3 is 2.87 bits per heavy atom. The van der Waals surface area contributed by atoms with Gasteiger partial charge in [-0.1, -0.05) is 6.07 Å². The fraction of sp³-hybridized carbons (Fsp3) is 0.273. The number of carbonyl (C=O) groups excluding carboxylic acids is 1. The molecule has 8 heteroatoms. The number of rotatable bonds is 6. The topological polar surface area (TPSA) is 49.1 Å². The second-order valence-electron chi connectivity index (χ2n) is 7.25. The molecule has 2 aromatic heterocycles. The first-order chi connectivity index (χ1) is 14.4. The second kappa shape index (κ2) is 8.49. The van der Waals surface area contributed by atoms with Crippen molar-refractivity contribution >= 4 is 23.0 Å². The molecule has 156 valence electrons. The molecule has 0 radical (unpaired) electrons. The summed E-state index contributed by atoms with van der Waals surface area (Å²) in [4.78, 5) is 15.8. The zero-order chi connectivity index (χ0) is 21.3. The van der Waals surface area contributed by atoms with Crippen LogP contribution in [0.15, 0.2) is 63.6 Å². The van der Waals surface area contributed by atoms with E-state index in [4.69, 9.17) is 4.42 Å². The predicted molar refractivity (Wildman–Crippen MR) is 111 cm³/mol. The molecular weight excluding hydrogens is 408 g/mol. The predicted octanol–water partition coefficient (Wildman–Crippen LogP) is 4.99. The average Bonchev–Trinajstić information content (AvgIpc) is 3.48. The molecule has 2 unspecified atom stereocenters. The number of amides is 1. The molecule has 4 rings (SSSR count). The van der Waals surface area contributed by atoms with Gasteiger partial charge in [-0.3, -0.25) is 9.69 Å². The van der Waals surface area contributed by atoms with Crippen LogP contribution >= 0.6 is 11.3 Å². The lowest BCUT2D eigenvalue weighted by Gasteiger charge is -2.27. The highest BCUT2D eigenvalue weighted by Gasteiger charge is 2.35. The Labute approximate surface area is 177 Å². The van der Waals surface area contributed by atoms with E-state index in [1.54, 1.807) is 42.5 Å². The second-order valence-corrected chi connectivity index (χ2v) is 8.20. The maximum Gasteiger partial charge on any atom is 0.257 e. The summed E-state index contributed by atoms with van der Waals surface area (Å²) < 4.78 is 33.3. The SMILES string of the molecule is CC(c1cc(F)ccc1F)N(C)CC(=O)N1N=C(c2cccs2)CC1c1ccco1. The molecule has 30 heavy (non-hydrogen) atoms. The van der Waals surface area contributed by atoms with Gasteiger partial charge in [-0.15, -0.1) is 11.3 Å². The molecular formula is C22H21F2N3O2S. The molecule has 1 aliphatic rings. The summed E-state index contributed by atoms with van der Waals surface area (Å²) in [6.45, 7) is 1.73. The van der Waals surface area contributed by atoms with Crippen molar-refractivity contribution in [3.8, 4) is 0 Å². The minimum Gasteiger partial charge on any atom is -0.467 e. The van der Waals surface area contributed by atoms with Crippen LogP contribution in [0.4, 0.5) is 8.78 Å². The Morgan fingerprint density at radius 1 is 1.33 bits per heavy atom. The molecule has 0 spiro atoms. The number of nitrogens with zero attached hydrogens (tertiary/aromatic N) is 3. The van der Waals surface area contributed by atoms with Gasteiger partial charge in [0.05, 0.1) is 23.4 Å². The molecule has 1 amide bonds. The number of benzene rings is 1. The maximum absolute atomic E-state index is 14.2. The molecule has 0 bridgehead atoms. The van der Waals surface area contributed by atoms with Crippen molar-refractivity contribution in [2.45, 2.75) is 25.4 Å². The molecule has 5 nitrogen and oxygen atoms in total. The summed E-state index contributed by atoms with van der Waals surface area (Å²) in [6.07, 6.45) is 2.12. The fourth-order valence-electron chi connectivity index (χ4n) is 3.53. The van der Waals surface area contributed by atoms with Crippen molar-refractivity contribution in [3.05, 3.63) is 81.9 Å². The van der Waals surface area contributed by atoms with Gasteiger partial charge in [0.1, 0.15) is 23.4 Å². The number of halogens is 2. The Balaban J connectivity index is 1.54. The van der Waals surface area contributed by atoms with Crippen LogP contribution in [-0.4, -0.2) is 35.1 Å². The Morgan fingerprint density at radius 2 is 2.17 bits per heavy atom. The molecule has 0 N–H and O–H groups in total. The number of furan rings is 1. The minimum atomic E-state index is -0.513. The van der Waals surface area contributed by atoms with Gasteiger partial charge < -0.3 is 4.42 Å². The summed E-state index contributed by atoms with van der Waals surface area (Å²) in [5.74, 6) is -0.601. The van der Waals surface area contributed by atoms with E-state index in [2.05, 4.69) is 5.10 Å². The summed E-state index contributed by atoms with van der Waals surface area (Å²) >= 11 is 1.57. The van der Waals surface area contributed by atoms with E-state index in [1.165, 1.54) is 5.01 Å². The van der Waals surface area contributed by atoms with E-state index in [9.17, 15) is 13.6 Å². The molecule has 1 aliphatic heterocycles. The largest absolute Gasteiger partial charge is 0.467 e. The van der Waals surface area contributed by atoms with Gasteiger partial charge in [0, 0.05) is 18.0 Å². The lowest BCUT2D eigenvalue weighted by Crippen LogP contribution is -2.37. The third kappa shape index (κ3) is 4.06. The van der Waals surface area contributed by atoms with Crippen molar-refractivity contribution in [1.82, 2.24) is 9.91 Å². The van der Waals surface area contributed by atoms with Gasteiger partial charge >= 0.3 is 0 Å². The monoisotopic (exact) mass is 429 g/mol. The standard InChI is InChI=1S/C22H21F2N3O2S/c1-14(16-11-15(23)7-8-17(16)24)26(2)13-22(28)27-19(20-5-3-9-29-20)12-18(25-27)21-6-4-10-30-21/h3-11,14,19H,12-13H2,1-2H3. The normalized spacial score (nSPS) is 17.4. The molecule has 1 aromatic carbocycles. The van der Waals surface area contributed by atoms with Crippen molar-refractivity contribution in [2.24, 2.45) is 5.10 Å². The van der Waals surface area contributed by atoms with Crippen LogP contribution in [-0.2, 0) is 4.79 Å². The van der Waals surface area contributed by atoms with Crippen LogP contribution in [0.3, 0.4) is 0 Å². The summed E-state index contributed by atoms with van der Waals surface area (Å²) in [5.41, 5.74) is 1.03. The molecule has 0 saturated carbocycles. The lowest BCUT2D eigenvalue weighted by molar-refractivity contribution is -0.134. The summed E-state index contributed by atoms with van der Waals surface area (Å²) in [6, 6.07) is 10.0. The number of hydrogen-bond donors (Lipinski definition) is 0. The minimum absolute atomic E-state index is 0.00442. The number of hydrogen-bond acceptors (Lipinski definition) is 5. The van der Waals surface area contributed by atoms with Crippen LogP contribution in [0.5, 0.6) is 0 Å². The van der Waals surface area contributed by atoms with Crippen LogP contribution in [0.1, 0.15) is 41.6 Å². The van der Waals surface area contributed by atoms with Crippen LogP contribution in [0, 0.1) is 11.6 Å². The quantitative estimate of drug-likeness (QED) is 0.555. The number of thiophene rings is 1. The van der Waals surface area contributed by atoms with Crippen LogP contribution in [0.25, 0.3) is 0 Å². The smallest absolute Gasteiger partial charge is 0.257 e. The first-order valence-electron chi connectivity index (χ1n) is 9.56. The molecule has 0 fully saturated rings. The lowest BCUT2D eigenvalue weighted by atomic mass is 10.1. The fourth-order valence-corrected chi connectivity index (χ4v) is 4.25. The molecule has 2 atom stereocenters. The van der Waals surface area contributed by atoms with E-state index in [-0.39, 0.29) is 24.1 Å². The van der Waals surface area contributed by atoms with Crippen LogP contribution < -0.4 is 0 Å². The first kappa shape index (κ1) is 20.4. The molecule has 0 saturated heterocycles. The van der Waals surface area contributed by atoms with E-state index in [0.717, 1.165) is 28.8 Å². The zero-order valence-corrected chi connectivity index (χ0v) is 17.4.